The van der Waals surface area contributed by atoms with Crippen LogP contribution in [-0.2, 0) is 14.1 Å². The number of nitro benzene ring substituents is 1. The summed E-state index contributed by atoms with van der Waals surface area (Å²) < 4.78 is 24.3. The Bertz CT molecular complexity index is 2140. The number of benzene rings is 3. The Morgan fingerprint density at radius 1 is 0.800 bits per heavy atom. The number of aromatic nitrogens is 6. The van der Waals surface area contributed by atoms with E-state index in [0.717, 1.165) is 45.1 Å². The number of methoxy groups -OCH3 is 1. The van der Waals surface area contributed by atoms with Crippen molar-refractivity contribution in [3.8, 4) is 28.3 Å². The second-order valence-electron chi connectivity index (χ2n) is 10.4. The summed E-state index contributed by atoms with van der Waals surface area (Å²) in [6, 6.07) is 21.5. The highest BCUT2D eigenvalue weighted by Crippen LogP contribution is 2.42. The summed E-state index contributed by atoms with van der Waals surface area (Å²) in [5.41, 5.74) is 4.31. The molecule has 0 fully saturated rings. The van der Waals surface area contributed by atoms with Crippen LogP contribution in [0.15, 0.2) is 97.6 Å². The molecular formula is C33H25FN8O3. The van der Waals surface area contributed by atoms with E-state index in [1.807, 2.05) is 84.2 Å². The summed E-state index contributed by atoms with van der Waals surface area (Å²) in [5, 5.41) is 13.8. The molecule has 11 nitrogen and oxygen atoms in total. The quantitative estimate of drug-likeness (QED) is 0.140. The molecule has 0 N–H and O–H groups in total. The Hall–Kier alpha value is -6.17. The standard InChI is InChI=1S/C33H25FN8O3/c1-39-18-22(20-8-4-6-10-27(20)39)25-12-14-35-32(37-25)41(30-17-29(42(43)44)24(34)16-31(30)45-3)33-36-15-13-26(38-33)23-19-40(2)28-11-7-5-9-21(23)28/h4-19H,1-3H3. The van der Waals surface area contributed by atoms with Gasteiger partial charge in [-0.05, 0) is 24.3 Å². The Morgan fingerprint density at radius 2 is 1.31 bits per heavy atom. The first-order chi connectivity index (χ1) is 21.8. The van der Waals surface area contributed by atoms with E-state index >= 15 is 0 Å². The number of nitro groups is 1. The number of para-hydroxylation sites is 2. The van der Waals surface area contributed by atoms with Crippen molar-refractivity contribution in [3.05, 3.63) is 114 Å². The largest absolute Gasteiger partial charge is 0.494 e. The minimum absolute atomic E-state index is 0.0106. The molecule has 0 saturated carbocycles. The molecule has 0 amide bonds. The van der Waals surface area contributed by atoms with Crippen LogP contribution in [0, 0.1) is 15.9 Å². The summed E-state index contributed by atoms with van der Waals surface area (Å²) in [5.74, 6) is -0.822. The van der Waals surface area contributed by atoms with Gasteiger partial charge in [-0.2, -0.15) is 4.39 Å². The summed E-state index contributed by atoms with van der Waals surface area (Å²) >= 11 is 0. The molecule has 0 aliphatic rings. The van der Waals surface area contributed by atoms with Crippen LogP contribution in [-0.4, -0.2) is 41.1 Å². The molecule has 7 aromatic rings. The first-order valence-corrected chi connectivity index (χ1v) is 13.9. The number of ether oxygens (including phenoxy) is 1. The fourth-order valence-corrected chi connectivity index (χ4v) is 5.62. The first-order valence-electron chi connectivity index (χ1n) is 13.9. The van der Waals surface area contributed by atoms with E-state index in [1.54, 1.807) is 24.5 Å². The Kier molecular flexibility index (Phi) is 6.66. The van der Waals surface area contributed by atoms with E-state index in [1.165, 1.54) is 12.0 Å². The molecule has 0 bridgehead atoms. The first kappa shape index (κ1) is 27.7. The van der Waals surface area contributed by atoms with Gasteiger partial charge in [-0.25, -0.2) is 24.8 Å². The molecule has 0 spiro atoms. The van der Waals surface area contributed by atoms with Gasteiger partial charge in [0.2, 0.25) is 17.7 Å². The maximum atomic E-state index is 14.8. The van der Waals surface area contributed by atoms with Crippen molar-refractivity contribution in [1.29, 1.82) is 0 Å². The maximum Gasteiger partial charge on any atom is 0.307 e. The predicted molar refractivity (Wildman–Crippen MR) is 169 cm³/mol. The van der Waals surface area contributed by atoms with Gasteiger partial charge >= 0.3 is 5.69 Å². The molecule has 0 aliphatic heterocycles. The molecule has 0 aliphatic carbocycles. The lowest BCUT2D eigenvalue weighted by atomic mass is 10.1. The fourth-order valence-electron chi connectivity index (χ4n) is 5.62. The van der Waals surface area contributed by atoms with Crippen molar-refractivity contribution in [3.63, 3.8) is 0 Å². The lowest BCUT2D eigenvalue weighted by molar-refractivity contribution is -0.387. The number of hydrogen-bond acceptors (Lipinski definition) is 8. The van der Waals surface area contributed by atoms with Crippen LogP contribution in [0.5, 0.6) is 5.75 Å². The van der Waals surface area contributed by atoms with Gasteiger partial charge in [-0.3, -0.25) is 10.1 Å². The average molecular weight is 601 g/mol. The molecule has 222 valence electrons. The van der Waals surface area contributed by atoms with Gasteiger partial charge in [0.15, 0.2) is 0 Å². The lowest BCUT2D eigenvalue weighted by Crippen LogP contribution is -2.18. The van der Waals surface area contributed by atoms with E-state index in [0.29, 0.717) is 11.4 Å². The number of halogens is 1. The maximum absolute atomic E-state index is 14.8. The van der Waals surface area contributed by atoms with Crippen LogP contribution in [0.4, 0.5) is 27.7 Å². The lowest BCUT2D eigenvalue weighted by Gasteiger charge is -2.23. The fraction of sp³-hybridized carbons (Fsp3) is 0.0909. The Labute approximate surface area is 256 Å². The molecule has 45 heavy (non-hydrogen) atoms. The molecule has 0 unspecified atom stereocenters. The summed E-state index contributed by atoms with van der Waals surface area (Å²) in [7, 11) is 5.26. The average Bonchev–Trinajstić information content (AvgIpc) is 3.58. The molecule has 0 saturated heterocycles. The Balaban J connectivity index is 1.46. The highest BCUT2D eigenvalue weighted by atomic mass is 19.1. The van der Waals surface area contributed by atoms with Crippen LogP contribution in [0.2, 0.25) is 0 Å². The molecule has 3 aromatic carbocycles. The smallest absolute Gasteiger partial charge is 0.307 e. The molecule has 7 rings (SSSR count). The van der Waals surface area contributed by atoms with Gasteiger partial charge in [-0.1, -0.05) is 36.4 Å². The van der Waals surface area contributed by atoms with Crippen LogP contribution in [0.3, 0.4) is 0 Å². The highest BCUT2D eigenvalue weighted by Gasteiger charge is 2.28. The third kappa shape index (κ3) is 4.68. The van der Waals surface area contributed by atoms with E-state index < -0.39 is 16.4 Å². The van der Waals surface area contributed by atoms with E-state index in [9.17, 15) is 14.5 Å². The number of aryl methyl sites for hydroxylation is 2. The zero-order chi connectivity index (χ0) is 31.2. The van der Waals surface area contributed by atoms with E-state index in [-0.39, 0.29) is 23.3 Å². The van der Waals surface area contributed by atoms with Crippen molar-refractivity contribution in [2.24, 2.45) is 14.1 Å². The number of hydrogen-bond donors (Lipinski definition) is 0. The van der Waals surface area contributed by atoms with Crippen molar-refractivity contribution in [2.45, 2.75) is 0 Å². The van der Waals surface area contributed by atoms with E-state index in [4.69, 9.17) is 14.7 Å². The van der Waals surface area contributed by atoms with Gasteiger partial charge in [-0.15, -0.1) is 0 Å². The second-order valence-corrected chi connectivity index (χ2v) is 10.4. The van der Waals surface area contributed by atoms with Crippen LogP contribution in [0.25, 0.3) is 44.3 Å². The monoisotopic (exact) mass is 600 g/mol. The molecule has 4 aromatic heterocycles. The van der Waals surface area contributed by atoms with Crippen LogP contribution in [0.1, 0.15) is 0 Å². The zero-order valence-corrected chi connectivity index (χ0v) is 24.4. The minimum Gasteiger partial charge on any atom is -0.494 e. The minimum atomic E-state index is -1.05. The molecule has 12 heteroatoms. The van der Waals surface area contributed by atoms with Crippen LogP contribution >= 0.6 is 0 Å². The zero-order valence-electron chi connectivity index (χ0n) is 24.4. The summed E-state index contributed by atoms with van der Waals surface area (Å²) in [4.78, 5) is 31.3. The van der Waals surface area contributed by atoms with Gasteiger partial charge < -0.3 is 13.9 Å². The molecule has 0 radical (unpaired) electrons. The number of rotatable bonds is 7. The SMILES string of the molecule is COc1cc(F)c([N+](=O)[O-])cc1N(c1nccc(-c2cn(C)c3ccccc23)n1)c1nccc(-c2cn(C)c3ccccc23)n1. The molecular weight excluding hydrogens is 575 g/mol. The van der Waals surface area contributed by atoms with Crippen molar-refractivity contribution in [2.75, 3.05) is 12.0 Å². The number of nitrogens with zero attached hydrogens (tertiary/aromatic N) is 8. The molecule has 4 heterocycles. The van der Waals surface area contributed by atoms with E-state index in [2.05, 4.69) is 9.97 Å². The van der Waals surface area contributed by atoms with Gasteiger partial charge in [0, 0.05) is 83.9 Å². The third-order valence-corrected chi connectivity index (χ3v) is 7.72. The Morgan fingerprint density at radius 3 is 1.80 bits per heavy atom. The predicted octanol–water partition coefficient (Wildman–Crippen LogP) is 7.11. The van der Waals surface area contributed by atoms with Crippen molar-refractivity contribution < 1.29 is 14.1 Å². The van der Waals surface area contributed by atoms with Crippen molar-refractivity contribution in [1.82, 2.24) is 29.1 Å². The molecule has 0 atom stereocenters. The second kappa shape index (κ2) is 10.8. The summed E-state index contributed by atoms with van der Waals surface area (Å²) in [6.45, 7) is 0. The third-order valence-electron chi connectivity index (χ3n) is 7.72. The highest BCUT2D eigenvalue weighted by molar-refractivity contribution is 5.96. The number of fused-ring (bicyclic) bond motifs is 2. The number of anilines is 3. The summed E-state index contributed by atoms with van der Waals surface area (Å²) in [6.07, 6.45) is 7.13. The van der Waals surface area contributed by atoms with Gasteiger partial charge in [0.25, 0.3) is 0 Å². The van der Waals surface area contributed by atoms with Gasteiger partial charge in [0.1, 0.15) is 11.4 Å². The topological polar surface area (TPSA) is 117 Å². The van der Waals surface area contributed by atoms with Crippen LogP contribution < -0.4 is 9.64 Å². The normalized spacial score (nSPS) is 11.3. The van der Waals surface area contributed by atoms with Gasteiger partial charge in [0.05, 0.1) is 23.4 Å². The van der Waals surface area contributed by atoms with Crippen molar-refractivity contribution >= 4 is 45.1 Å².